The number of aliphatic carboxylic acids is 1. The van der Waals surface area contributed by atoms with Crippen molar-refractivity contribution in [3.05, 3.63) is 35.9 Å². The summed E-state index contributed by atoms with van der Waals surface area (Å²) in [6.45, 7) is 0. The van der Waals surface area contributed by atoms with E-state index >= 15 is 0 Å². The molecule has 5 heteroatoms. The zero-order valence-corrected chi connectivity index (χ0v) is 12.3. The summed E-state index contributed by atoms with van der Waals surface area (Å²) in [7, 11) is 1.74. The summed E-state index contributed by atoms with van der Waals surface area (Å²) in [6.07, 6.45) is 4.56. The second-order valence-electron chi connectivity index (χ2n) is 5.58. The van der Waals surface area contributed by atoms with Gasteiger partial charge in [-0.3, -0.25) is 0 Å². The van der Waals surface area contributed by atoms with E-state index in [0.29, 0.717) is 6.42 Å². The van der Waals surface area contributed by atoms with E-state index in [4.69, 9.17) is 0 Å². The van der Waals surface area contributed by atoms with Gasteiger partial charge < -0.3 is 15.3 Å². The van der Waals surface area contributed by atoms with Crippen molar-refractivity contribution < 1.29 is 14.7 Å². The Kier molecular flexibility index (Phi) is 5.20. The molecule has 1 fully saturated rings. The quantitative estimate of drug-likeness (QED) is 0.874. The molecule has 0 aromatic heterocycles. The lowest BCUT2D eigenvalue weighted by Crippen LogP contribution is -2.50. The molecule has 0 aliphatic heterocycles. The largest absolute Gasteiger partial charge is 0.480 e. The van der Waals surface area contributed by atoms with Gasteiger partial charge in [-0.25, -0.2) is 9.59 Å². The molecule has 2 N–H and O–H groups in total. The molecule has 1 aliphatic rings. The zero-order chi connectivity index (χ0) is 15.2. The monoisotopic (exact) mass is 290 g/mol. The third kappa shape index (κ3) is 4.21. The molecule has 1 atom stereocenters. The number of nitrogens with zero attached hydrogens (tertiary/aromatic N) is 1. The van der Waals surface area contributed by atoms with Crippen molar-refractivity contribution >= 4 is 12.0 Å². The number of carboxylic acids is 1. The van der Waals surface area contributed by atoms with Crippen LogP contribution in [0.4, 0.5) is 4.79 Å². The fraction of sp³-hybridized carbons (Fsp3) is 0.500. The highest BCUT2D eigenvalue weighted by Crippen LogP contribution is 2.22. The van der Waals surface area contributed by atoms with Gasteiger partial charge in [-0.15, -0.1) is 0 Å². The van der Waals surface area contributed by atoms with Crippen molar-refractivity contribution in [1.82, 2.24) is 10.2 Å². The Morgan fingerprint density at radius 1 is 1.29 bits per heavy atom. The van der Waals surface area contributed by atoms with Gasteiger partial charge in [0.1, 0.15) is 6.04 Å². The average Bonchev–Trinajstić information content (AvgIpc) is 3.00. The van der Waals surface area contributed by atoms with Crippen LogP contribution >= 0.6 is 0 Å². The molecule has 0 saturated heterocycles. The van der Waals surface area contributed by atoms with Crippen molar-refractivity contribution in [3.8, 4) is 0 Å². The highest BCUT2D eigenvalue weighted by Gasteiger charge is 2.27. The molecule has 0 spiro atoms. The number of carboxylic acid groups (broad SMARTS) is 1. The van der Waals surface area contributed by atoms with Crippen molar-refractivity contribution in [2.45, 2.75) is 44.2 Å². The van der Waals surface area contributed by atoms with E-state index < -0.39 is 12.0 Å². The van der Waals surface area contributed by atoms with Crippen LogP contribution < -0.4 is 5.32 Å². The van der Waals surface area contributed by atoms with Crippen molar-refractivity contribution in [2.24, 2.45) is 0 Å². The Balaban J connectivity index is 1.95. The second kappa shape index (κ2) is 7.11. The minimum atomic E-state index is -1.01. The number of rotatable bonds is 5. The van der Waals surface area contributed by atoms with E-state index in [0.717, 1.165) is 31.2 Å². The zero-order valence-electron chi connectivity index (χ0n) is 12.3. The van der Waals surface area contributed by atoms with Crippen LogP contribution in [0, 0.1) is 0 Å². The van der Waals surface area contributed by atoms with Crippen LogP contribution in [0.5, 0.6) is 0 Å². The lowest BCUT2D eigenvalue weighted by atomic mass is 10.1. The first-order valence-electron chi connectivity index (χ1n) is 7.38. The summed E-state index contributed by atoms with van der Waals surface area (Å²) in [5.74, 6) is -1.01. The van der Waals surface area contributed by atoms with Gasteiger partial charge in [-0.1, -0.05) is 43.2 Å². The molecule has 1 aliphatic carbocycles. The van der Waals surface area contributed by atoms with E-state index in [1.54, 1.807) is 11.9 Å². The first-order valence-corrected chi connectivity index (χ1v) is 7.38. The van der Waals surface area contributed by atoms with Crippen molar-refractivity contribution in [3.63, 3.8) is 0 Å². The van der Waals surface area contributed by atoms with Crippen LogP contribution in [-0.4, -0.2) is 41.1 Å². The van der Waals surface area contributed by atoms with Gasteiger partial charge >= 0.3 is 12.0 Å². The molecular formula is C16H22N2O3. The van der Waals surface area contributed by atoms with E-state index in [2.05, 4.69) is 5.32 Å². The maximum Gasteiger partial charge on any atom is 0.326 e. The fourth-order valence-corrected chi connectivity index (χ4v) is 2.76. The van der Waals surface area contributed by atoms with E-state index in [-0.39, 0.29) is 12.1 Å². The predicted octanol–water partition coefficient (Wildman–Crippen LogP) is 2.27. The standard InChI is InChI=1S/C16H22N2O3/c1-18(13-9-5-6-10-13)16(21)17-14(15(19)20)11-12-7-3-2-4-8-12/h2-4,7-8,13-14H,5-6,9-11H2,1H3,(H,17,21)(H,19,20)/t14-/m0/s1. The van der Waals surface area contributed by atoms with Crippen LogP contribution in [0.15, 0.2) is 30.3 Å². The normalized spacial score (nSPS) is 16.4. The topological polar surface area (TPSA) is 69.6 Å². The van der Waals surface area contributed by atoms with E-state index in [1.807, 2.05) is 30.3 Å². The molecule has 0 radical (unpaired) electrons. The van der Waals surface area contributed by atoms with Gasteiger partial charge in [0.15, 0.2) is 0 Å². The third-order valence-electron chi connectivity index (χ3n) is 4.07. The lowest BCUT2D eigenvalue weighted by Gasteiger charge is -2.26. The average molecular weight is 290 g/mol. The maximum atomic E-state index is 12.2. The summed E-state index contributed by atoms with van der Waals surface area (Å²) in [4.78, 5) is 25.2. The summed E-state index contributed by atoms with van der Waals surface area (Å²) < 4.78 is 0. The van der Waals surface area contributed by atoms with Gasteiger partial charge in [0.2, 0.25) is 0 Å². The van der Waals surface area contributed by atoms with E-state index in [1.165, 1.54) is 0 Å². The van der Waals surface area contributed by atoms with Crippen molar-refractivity contribution in [2.75, 3.05) is 7.05 Å². The number of urea groups is 1. The van der Waals surface area contributed by atoms with Gasteiger partial charge in [0.05, 0.1) is 0 Å². The number of carbonyl (C=O) groups excluding carboxylic acids is 1. The Morgan fingerprint density at radius 2 is 1.90 bits per heavy atom. The number of hydrogen-bond acceptors (Lipinski definition) is 2. The number of benzene rings is 1. The maximum absolute atomic E-state index is 12.2. The van der Waals surface area contributed by atoms with Crippen LogP contribution in [0.1, 0.15) is 31.2 Å². The second-order valence-corrected chi connectivity index (χ2v) is 5.58. The summed E-state index contributed by atoms with van der Waals surface area (Å²) in [5, 5.41) is 11.9. The molecule has 0 unspecified atom stereocenters. The number of carbonyl (C=O) groups is 2. The van der Waals surface area contributed by atoms with Crippen LogP contribution in [0.25, 0.3) is 0 Å². The van der Waals surface area contributed by atoms with Crippen LogP contribution in [0.2, 0.25) is 0 Å². The molecule has 5 nitrogen and oxygen atoms in total. The molecule has 2 amide bonds. The predicted molar refractivity (Wildman–Crippen MR) is 80.1 cm³/mol. The Bertz CT molecular complexity index is 484. The molecule has 21 heavy (non-hydrogen) atoms. The van der Waals surface area contributed by atoms with Crippen LogP contribution in [0.3, 0.4) is 0 Å². The molecule has 0 heterocycles. The molecular weight excluding hydrogens is 268 g/mol. The Hall–Kier alpha value is -2.04. The molecule has 1 aromatic rings. The fourth-order valence-electron chi connectivity index (χ4n) is 2.76. The summed E-state index contributed by atoms with van der Waals surface area (Å²) in [6, 6.07) is 8.36. The Morgan fingerprint density at radius 3 is 2.48 bits per heavy atom. The van der Waals surface area contributed by atoms with Gasteiger partial charge in [0, 0.05) is 19.5 Å². The number of hydrogen-bond donors (Lipinski definition) is 2. The third-order valence-corrected chi connectivity index (χ3v) is 4.07. The molecule has 114 valence electrons. The highest BCUT2D eigenvalue weighted by atomic mass is 16.4. The molecule has 1 aromatic carbocycles. The smallest absolute Gasteiger partial charge is 0.326 e. The number of amides is 2. The highest BCUT2D eigenvalue weighted by molar-refractivity contribution is 5.82. The van der Waals surface area contributed by atoms with Gasteiger partial charge in [-0.05, 0) is 18.4 Å². The summed E-state index contributed by atoms with van der Waals surface area (Å²) in [5.41, 5.74) is 0.897. The minimum Gasteiger partial charge on any atom is -0.480 e. The minimum absolute atomic E-state index is 0.233. The van der Waals surface area contributed by atoms with Crippen molar-refractivity contribution in [1.29, 1.82) is 0 Å². The van der Waals surface area contributed by atoms with Crippen LogP contribution in [-0.2, 0) is 11.2 Å². The number of nitrogens with one attached hydrogen (secondary N) is 1. The first-order chi connectivity index (χ1) is 10.1. The molecule has 2 rings (SSSR count). The summed E-state index contributed by atoms with van der Waals surface area (Å²) >= 11 is 0. The lowest BCUT2D eigenvalue weighted by molar-refractivity contribution is -0.139. The Labute approximate surface area is 125 Å². The van der Waals surface area contributed by atoms with E-state index in [9.17, 15) is 14.7 Å². The SMILES string of the molecule is CN(C(=O)N[C@@H](Cc1ccccc1)C(=O)O)C1CCCC1. The van der Waals surface area contributed by atoms with Gasteiger partial charge in [0.25, 0.3) is 0 Å². The molecule has 0 bridgehead atoms. The van der Waals surface area contributed by atoms with Gasteiger partial charge in [-0.2, -0.15) is 0 Å². The first kappa shape index (κ1) is 15.4. The molecule has 1 saturated carbocycles.